The average molecular weight is 460 g/mol. The standard InChI is InChI=1S/C20H15BrFN3O2S/c21-16-4-2-1-3-14(16)18-15(11-23)20(24)25(13-7-5-12(22)6-8-13)17-9-10-28(26,27)19(17)18/h1-8,18H,9-10,24H2/t18-/m1/s1. The van der Waals surface area contributed by atoms with Crippen LogP contribution in [0.5, 0.6) is 0 Å². The number of allylic oxidation sites excluding steroid dienone is 3. The highest BCUT2D eigenvalue weighted by molar-refractivity contribution is 9.10. The summed E-state index contributed by atoms with van der Waals surface area (Å²) in [6.07, 6.45) is 0.273. The van der Waals surface area contributed by atoms with Crippen LogP contribution in [0.4, 0.5) is 10.1 Å². The molecule has 0 saturated carbocycles. The second-order valence-corrected chi connectivity index (χ2v) is 9.49. The fraction of sp³-hybridized carbons (Fsp3) is 0.150. The van der Waals surface area contributed by atoms with Gasteiger partial charge in [-0.3, -0.25) is 4.90 Å². The fourth-order valence-corrected chi connectivity index (χ4v) is 6.12. The molecule has 0 bridgehead atoms. The summed E-state index contributed by atoms with van der Waals surface area (Å²) in [5.41, 5.74) is 8.24. The van der Waals surface area contributed by atoms with E-state index in [1.165, 1.54) is 24.3 Å². The van der Waals surface area contributed by atoms with Gasteiger partial charge in [-0.2, -0.15) is 5.26 Å². The Morgan fingerprint density at radius 3 is 2.50 bits per heavy atom. The van der Waals surface area contributed by atoms with Crippen LogP contribution in [0.25, 0.3) is 0 Å². The Balaban J connectivity index is 2.01. The SMILES string of the molecule is N#CC1=C(N)N(c2ccc(F)cc2)C2=C([C@@H]1c1ccccc1Br)S(=O)(=O)CC2. The van der Waals surface area contributed by atoms with E-state index in [0.29, 0.717) is 21.4 Å². The van der Waals surface area contributed by atoms with Crippen LogP contribution in [-0.2, 0) is 9.84 Å². The molecular formula is C20H15BrFN3O2S. The largest absolute Gasteiger partial charge is 0.384 e. The highest BCUT2D eigenvalue weighted by Crippen LogP contribution is 2.49. The van der Waals surface area contributed by atoms with E-state index in [4.69, 9.17) is 5.73 Å². The summed E-state index contributed by atoms with van der Waals surface area (Å²) < 4.78 is 40.0. The monoisotopic (exact) mass is 459 g/mol. The zero-order valence-corrected chi connectivity index (χ0v) is 17.0. The molecule has 0 spiro atoms. The minimum absolute atomic E-state index is 0.0533. The van der Waals surface area contributed by atoms with Gasteiger partial charge in [0.1, 0.15) is 11.6 Å². The lowest BCUT2D eigenvalue weighted by Gasteiger charge is -2.35. The third-order valence-electron chi connectivity index (χ3n) is 4.99. The van der Waals surface area contributed by atoms with Crippen molar-refractivity contribution in [3.63, 3.8) is 0 Å². The van der Waals surface area contributed by atoms with Gasteiger partial charge in [0.2, 0.25) is 0 Å². The van der Waals surface area contributed by atoms with Crippen molar-refractivity contribution in [3.05, 3.63) is 86.4 Å². The number of sulfone groups is 1. The number of nitrogens with zero attached hydrogens (tertiary/aromatic N) is 2. The first-order valence-corrected chi connectivity index (χ1v) is 11.0. The van der Waals surface area contributed by atoms with Gasteiger partial charge in [0.05, 0.1) is 28.2 Å². The lowest BCUT2D eigenvalue weighted by atomic mass is 9.87. The number of rotatable bonds is 2. The molecule has 2 heterocycles. The van der Waals surface area contributed by atoms with Gasteiger partial charge in [-0.15, -0.1) is 0 Å². The van der Waals surface area contributed by atoms with Crippen LogP contribution in [0.2, 0.25) is 0 Å². The number of hydrogen-bond acceptors (Lipinski definition) is 5. The lowest BCUT2D eigenvalue weighted by molar-refractivity contribution is 0.602. The molecule has 0 aromatic heterocycles. The lowest BCUT2D eigenvalue weighted by Crippen LogP contribution is -2.34. The van der Waals surface area contributed by atoms with Crippen LogP contribution >= 0.6 is 15.9 Å². The van der Waals surface area contributed by atoms with Crippen molar-refractivity contribution >= 4 is 31.5 Å². The first-order chi connectivity index (χ1) is 13.3. The molecule has 1 atom stereocenters. The minimum Gasteiger partial charge on any atom is -0.384 e. The van der Waals surface area contributed by atoms with Crippen molar-refractivity contribution in [2.45, 2.75) is 12.3 Å². The zero-order valence-electron chi connectivity index (χ0n) is 14.6. The second kappa shape index (κ2) is 6.76. The molecule has 0 radical (unpaired) electrons. The number of anilines is 1. The topological polar surface area (TPSA) is 87.2 Å². The van der Waals surface area contributed by atoms with Crippen molar-refractivity contribution < 1.29 is 12.8 Å². The second-order valence-electron chi connectivity index (χ2n) is 6.56. The summed E-state index contributed by atoms with van der Waals surface area (Å²) in [5, 5.41) is 9.88. The first kappa shape index (κ1) is 18.7. The summed E-state index contributed by atoms with van der Waals surface area (Å²) in [6.45, 7) is 0. The average Bonchev–Trinajstić information content (AvgIpc) is 2.97. The van der Waals surface area contributed by atoms with Crippen LogP contribution < -0.4 is 10.6 Å². The molecule has 0 aliphatic carbocycles. The van der Waals surface area contributed by atoms with Crippen LogP contribution in [-0.4, -0.2) is 14.2 Å². The molecule has 0 amide bonds. The molecule has 2 aliphatic heterocycles. The van der Waals surface area contributed by atoms with Gasteiger partial charge in [-0.05, 0) is 35.9 Å². The van der Waals surface area contributed by atoms with E-state index in [2.05, 4.69) is 22.0 Å². The molecule has 4 rings (SSSR count). The van der Waals surface area contributed by atoms with E-state index in [1.807, 2.05) is 6.07 Å². The van der Waals surface area contributed by atoms with Gasteiger partial charge >= 0.3 is 0 Å². The third-order valence-corrected chi connectivity index (χ3v) is 7.59. The summed E-state index contributed by atoms with van der Waals surface area (Å²) in [5.74, 6) is -1.09. The van der Waals surface area contributed by atoms with Crippen molar-refractivity contribution in [2.75, 3.05) is 10.7 Å². The third kappa shape index (κ3) is 2.82. The maximum atomic E-state index is 13.4. The molecule has 8 heteroatoms. The minimum atomic E-state index is -3.57. The van der Waals surface area contributed by atoms with E-state index < -0.39 is 21.6 Å². The normalized spacial score (nSPS) is 20.9. The van der Waals surface area contributed by atoms with Gasteiger partial charge in [-0.1, -0.05) is 34.1 Å². The van der Waals surface area contributed by atoms with Gasteiger partial charge < -0.3 is 5.73 Å². The Labute approximate surface area is 170 Å². The van der Waals surface area contributed by atoms with Crippen LogP contribution in [0.1, 0.15) is 17.9 Å². The Bertz CT molecular complexity index is 1180. The molecule has 142 valence electrons. The number of hydrogen-bond donors (Lipinski definition) is 1. The fourth-order valence-electron chi connectivity index (χ4n) is 3.77. The van der Waals surface area contributed by atoms with E-state index in [9.17, 15) is 18.1 Å². The smallest absolute Gasteiger partial charge is 0.177 e. The molecule has 2 aromatic carbocycles. The summed E-state index contributed by atoms with van der Waals surface area (Å²) in [4.78, 5) is 1.75. The predicted molar refractivity (Wildman–Crippen MR) is 108 cm³/mol. The van der Waals surface area contributed by atoms with Crippen LogP contribution in [0, 0.1) is 17.1 Å². The van der Waals surface area contributed by atoms with Crippen molar-refractivity contribution in [1.29, 1.82) is 5.26 Å². The van der Waals surface area contributed by atoms with E-state index in [1.54, 1.807) is 23.1 Å². The first-order valence-electron chi connectivity index (χ1n) is 8.51. The van der Waals surface area contributed by atoms with E-state index in [-0.39, 0.29) is 28.5 Å². The Hall–Kier alpha value is -2.63. The highest BCUT2D eigenvalue weighted by atomic mass is 79.9. The quantitative estimate of drug-likeness (QED) is 0.735. The molecule has 2 aromatic rings. The number of benzene rings is 2. The van der Waals surface area contributed by atoms with Crippen molar-refractivity contribution in [2.24, 2.45) is 5.73 Å². The Kier molecular flexibility index (Phi) is 4.52. The van der Waals surface area contributed by atoms with Gasteiger partial charge in [0.25, 0.3) is 0 Å². The van der Waals surface area contributed by atoms with Crippen LogP contribution in [0.15, 0.2) is 75.0 Å². The van der Waals surface area contributed by atoms with Gasteiger partial charge in [0, 0.05) is 22.3 Å². The number of nitrogens with two attached hydrogens (primary N) is 1. The summed E-state index contributed by atoms with van der Waals surface area (Å²) >= 11 is 3.47. The molecule has 0 unspecified atom stereocenters. The maximum absolute atomic E-state index is 13.4. The summed E-state index contributed by atoms with van der Waals surface area (Å²) in [6, 6.07) is 14.9. The number of nitriles is 1. The van der Waals surface area contributed by atoms with Crippen molar-refractivity contribution in [1.82, 2.24) is 0 Å². The van der Waals surface area contributed by atoms with Crippen molar-refractivity contribution in [3.8, 4) is 6.07 Å². The van der Waals surface area contributed by atoms with Gasteiger partial charge in [-0.25, -0.2) is 12.8 Å². The van der Waals surface area contributed by atoms with Crippen LogP contribution in [0.3, 0.4) is 0 Å². The molecule has 0 fully saturated rings. The molecule has 5 nitrogen and oxygen atoms in total. The summed E-state index contributed by atoms with van der Waals surface area (Å²) in [7, 11) is -3.57. The van der Waals surface area contributed by atoms with Gasteiger partial charge in [0.15, 0.2) is 9.84 Å². The molecule has 2 aliphatic rings. The molecule has 28 heavy (non-hydrogen) atoms. The maximum Gasteiger partial charge on any atom is 0.177 e. The Morgan fingerprint density at radius 1 is 1.18 bits per heavy atom. The zero-order chi connectivity index (χ0) is 20.1. The van der Waals surface area contributed by atoms with E-state index in [0.717, 1.165) is 0 Å². The predicted octanol–water partition coefficient (Wildman–Crippen LogP) is 3.92. The molecule has 0 saturated heterocycles. The number of halogens is 2. The van der Waals surface area contributed by atoms with E-state index >= 15 is 0 Å². The molecule has 2 N–H and O–H groups in total. The molecular weight excluding hydrogens is 445 g/mol. The Morgan fingerprint density at radius 2 is 1.86 bits per heavy atom. The highest BCUT2D eigenvalue weighted by Gasteiger charge is 2.45.